The van der Waals surface area contributed by atoms with Crippen LogP contribution in [0.5, 0.6) is 0 Å². The summed E-state index contributed by atoms with van der Waals surface area (Å²) in [6.45, 7) is 0.397. The summed E-state index contributed by atoms with van der Waals surface area (Å²) < 4.78 is 0. The van der Waals surface area contributed by atoms with Crippen molar-refractivity contribution >= 4 is 17.4 Å². The molecule has 9 heteroatoms. The van der Waals surface area contributed by atoms with E-state index in [0.717, 1.165) is 0 Å². The molecule has 3 N–H and O–H groups in total. The number of nitrogens with one attached hydrogen (secondary N) is 3. The maximum Gasteiger partial charge on any atom is 0.319 e. The van der Waals surface area contributed by atoms with E-state index in [1.165, 1.54) is 30.6 Å². The molecule has 1 aromatic heterocycles. The highest BCUT2D eigenvalue weighted by Crippen LogP contribution is 2.14. The minimum atomic E-state index is -0.499. The Labute approximate surface area is 113 Å². The van der Waals surface area contributed by atoms with Crippen LogP contribution in [0, 0.1) is 10.1 Å². The number of carbonyl (C=O) groups is 1. The summed E-state index contributed by atoms with van der Waals surface area (Å²) in [5, 5.41) is 22.1. The molecule has 0 unspecified atom stereocenters. The van der Waals surface area contributed by atoms with Gasteiger partial charge in [0.1, 0.15) is 12.2 Å². The molecule has 2 rings (SSSR count). The van der Waals surface area contributed by atoms with Crippen LogP contribution in [0.3, 0.4) is 0 Å². The lowest BCUT2D eigenvalue weighted by Crippen LogP contribution is -2.30. The van der Waals surface area contributed by atoms with Gasteiger partial charge in [0.2, 0.25) is 0 Å². The third-order valence-electron chi connectivity index (χ3n) is 2.45. The quantitative estimate of drug-likeness (QED) is 0.556. The first-order valence-electron chi connectivity index (χ1n) is 5.78. The van der Waals surface area contributed by atoms with Gasteiger partial charge in [-0.2, -0.15) is 5.10 Å². The molecule has 0 bridgehead atoms. The van der Waals surface area contributed by atoms with E-state index in [1.54, 1.807) is 0 Å². The molecule has 0 radical (unpaired) electrons. The maximum atomic E-state index is 11.6. The number of rotatable bonds is 5. The largest absolute Gasteiger partial charge is 0.337 e. The van der Waals surface area contributed by atoms with E-state index >= 15 is 0 Å². The highest BCUT2D eigenvalue weighted by molar-refractivity contribution is 5.89. The first-order valence-corrected chi connectivity index (χ1v) is 5.78. The number of hydrogen-bond acceptors (Lipinski definition) is 5. The van der Waals surface area contributed by atoms with E-state index in [0.29, 0.717) is 24.5 Å². The van der Waals surface area contributed by atoms with Gasteiger partial charge < -0.3 is 10.6 Å². The Morgan fingerprint density at radius 1 is 1.35 bits per heavy atom. The standard InChI is InChI=1S/C11H12N6O3/c18-11(12-6-5-10-13-7-14-16-10)15-8-1-3-9(4-2-8)17(19)20/h1-4,7H,5-6H2,(H2,12,15,18)(H,13,14,16). The van der Waals surface area contributed by atoms with Gasteiger partial charge >= 0.3 is 6.03 Å². The molecule has 104 valence electrons. The van der Waals surface area contributed by atoms with Crippen molar-refractivity contribution in [1.29, 1.82) is 0 Å². The van der Waals surface area contributed by atoms with Crippen molar-refractivity contribution in [1.82, 2.24) is 20.5 Å². The molecule has 0 saturated heterocycles. The third-order valence-corrected chi connectivity index (χ3v) is 2.45. The molecular weight excluding hydrogens is 264 g/mol. The molecule has 0 aliphatic heterocycles. The normalized spacial score (nSPS) is 10.0. The van der Waals surface area contributed by atoms with Crippen LogP contribution in [0.2, 0.25) is 0 Å². The second-order valence-electron chi connectivity index (χ2n) is 3.87. The Morgan fingerprint density at radius 2 is 2.10 bits per heavy atom. The number of nitrogens with zero attached hydrogens (tertiary/aromatic N) is 3. The smallest absolute Gasteiger partial charge is 0.319 e. The fraction of sp³-hybridized carbons (Fsp3) is 0.182. The van der Waals surface area contributed by atoms with Crippen molar-refractivity contribution in [2.75, 3.05) is 11.9 Å². The number of H-pyrrole nitrogens is 1. The molecule has 0 aliphatic carbocycles. The molecule has 1 heterocycles. The zero-order valence-corrected chi connectivity index (χ0v) is 10.4. The predicted molar refractivity (Wildman–Crippen MR) is 70.2 cm³/mol. The van der Waals surface area contributed by atoms with E-state index in [1.807, 2.05) is 0 Å². The first-order chi connectivity index (χ1) is 9.65. The van der Waals surface area contributed by atoms with Crippen molar-refractivity contribution in [3.8, 4) is 0 Å². The number of carbonyl (C=O) groups excluding carboxylic acids is 1. The van der Waals surface area contributed by atoms with E-state index in [9.17, 15) is 14.9 Å². The number of hydrogen-bond donors (Lipinski definition) is 3. The summed E-state index contributed by atoms with van der Waals surface area (Å²) in [6, 6.07) is 5.19. The molecule has 0 spiro atoms. The number of amides is 2. The summed E-state index contributed by atoms with van der Waals surface area (Å²) in [6.07, 6.45) is 1.93. The first kappa shape index (κ1) is 13.5. The third kappa shape index (κ3) is 3.77. The number of nitro groups is 1. The van der Waals surface area contributed by atoms with Gasteiger partial charge in [-0.15, -0.1) is 0 Å². The molecule has 20 heavy (non-hydrogen) atoms. The van der Waals surface area contributed by atoms with Crippen molar-refractivity contribution in [3.63, 3.8) is 0 Å². The number of anilines is 1. The highest BCUT2D eigenvalue weighted by atomic mass is 16.6. The maximum absolute atomic E-state index is 11.6. The number of non-ortho nitro benzene ring substituents is 1. The van der Waals surface area contributed by atoms with Crippen LogP contribution < -0.4 is 10.6 Å². The SMILES string of the molecule is O=C(NCCc1ncn[nH]1)Nc1ccc([N+](=O)[O-])cc1. The number of urea groups is 1. The molecular formula is C11H12N6O3. The van der Waals surface area contributed by atoms with Crippen LogP contribution in [0.25, 0.3) is 0 Å². The van der Waals surface area contributed by atoms with Crippen LogP contribution in [0.1, 0.15) is 5.82 Å². The average molecular weight is 276 g/mol. The Morgan fingerprint density at radius 3 is 2.70 bits per heavy atom. The second kappa shape index (κ2) is 6.27. The van der Waals surface area contributed by atoms with E-state index < -0.39 is 11.0 Å². The van der Waals surface area contributed by atoms with E-state index in [4.69, 9.17) is 0 Å². The van der Waals surface area contributed by atoms with Gasteiger partial charge in [0, 0.05) is 30.8 Å². The number of aromatic amines is 1. The van der Waals surface area contributed by atoms with Crippen LogP contribution in [-0.2, 0) is 6.42 Å². The van der Waals surface area contributed by atoms with Gasteiger partial charge in [-0.3, -0.25) is 15.2 Å². The van der Waals surface area contributed by atoms with Gasteiger partial charge in [-0.25, -0.2) is 9.78 Å². The lowest BCUT2D eigenvalue weighted by atomic mass is 10.3. The summed E-state index contributed by atoms with van der Waals surface area (Å²) in [4.78, 5) is 25.5. The fourth-order valence-electron chi connectivity index (χ4n) is 1.49. The summed E-state index contributed by atoms with van der Waals surface area (Å²) in [7, 11) is 0. The lowest BCUT2D eigenvalue weighted by molar-refractivity contribution is -0.384. The van der Waals surface area contributed by atoms with E-state index in [-0.39, 0.29) is 5.69 Å². The number of nitro benzene ring substituents is 1. The van der Waals surface area contributed by atoms with Crippen LogP contribution in [-0.4, -0.2) is 32.7 Å². The van der Waals surface area contributed by atoms with Crippen LogP contribution in [0.4, 0.5) is 16.2 Å². The molecule has 9 nitrogen and oxygen atoms in total. The van der Waals surface area contributed by atoms with Crippen molar-refractivity contribution < 1.29 is 9.72 Å². The Balaban J connectivity index is 1.77. The van der Waals surface area contributed by atoms with Gasteiger partial charge in [0.05, 0.1) is 4.92 Å². The van der Waals surface area contributed by atoms with Crippen LogP contribution in [0.15, 0.2) is 30.6 Å². The molecule has 0 atom stereocenters. The zero-order valence-electron chi connectivity index (χ0n) is 10.4. The average Bonchev–Trinajstić information content (AvgIpc) is 2.92. The van der Waals surface area contributed by atoms with Gasteiger partial charge in [-0.05, 0) is 12.1 Å². The monoisotopic (exact) mass is 276 g/mol. The zero-order chi connectivity index (χ0) is 14.4. The van der Waals surface area contributed by atoms with Crippen molar-refractivity contribution in [2.45, 2.75) is 6.42 Å². The second-order valence-corrected chi connectivity index (χ2v) is 3.87. The van der Waals surface area contributed by atoms with Gasteiger partial charge in [0.15, 0.2) is 0 Å². The summed E-state index contributed by atoms with van der Waals surface area (Å²) in [5.41, 5.74) is 0.453. The van der Waals surface area contributed by atoms with E-state index in [2.05, 4.69) is 25.8 Å². The molecule has 2 aromatic rings. The number of aromatic nitrogens is 3. The Bertz CT molecular complexity index is 581. The van der Waals surface area contributed by atoms with Crippen molar-refractivity contribution in [3.05, 3.63) is 46.5 Å². The molecule has 0 fully saturated rings. The highest BCUT2D eigenvalue weighted by Gasteiger charge is 2.06. The minimum Gasteiger partial charge on any atom is -0.337 e. The summed E-state index contributed by atoms with van der Waals surface area (Å²) in [5.74, 6) is 0.681. The predicted octanol–water partition coefficient (Wildman–Crippen LogP) is 1.08. The van der Waals surface area contributed by atoms with Crippen molar-refractivity contribution in [2.24, 2.45) is 0 Å². The molecule has 2 amide bonds. The number of benzene rings is 1. The van der Waals surface area contributed by atoms with Gasteiger partial charge in [0.25, 0.3) is 5.69 Å². The Kier molecular flexibility index (Phi) is 4.22. The minimum absolute atomic E-state index is 0.0266. The topological polar surface area (TPSA) is 126 Å². The summed E-state index contributed by atoms with van der Waals surface area (Å²) >= 11 is 0. The molecule has 0 saturated carbocycles. The fourth-order valence-corrected chi connectivity index (χ4v) is 1.49. The molecule has 0 aliphatic rings. The van der Waals surface area contributed by atoms with Crippen LogP contribution >= 0.6 is 0 Å². The van der Waals surface area contributed by atoms with Gasteiger partial charge in [-0.1, -0.05) is 0 Å². The molecule has 1 aromatic carbocycles. The Hall–Kier alpha value is -2.97. The lowest BCUT2D eigenvalue weighted by Gasteiger charge is -2.06.